The van der Waals surface area contributed by atoms with Gasteiger partial charge in [-0.3, -0.25) is 0 Å². The van der Waals surface area contributed by atoms with Crippen LogP contribution in [0.15, 0.2) is 60.7 Å². The van der Waals surface area contributed by atoms with Gasteiger partial charge in [-0.25, -0.2) is 0 Å². The first kappa shape index (κ1) is 24.0. The van der Waals surface area contributed by atoms with Crippen molar-refractivity contribution in [1.82, 2.24) is 0 Å². The molecular weight excluding hydrogens is 416 g/mol. The van der Waals surface area contributed by atoms with Gasteiger partial charge in [0, 0.05) is 5.29 Å². The van der Waals surface area contributed by atoms with Crippen molar-refractivity contribution in [2.75, 3.05) is 0 Å². The van der Waals surface area contributed by atoms with E-state index in [2.05, 4.69) is 131 Å². The van der Waals surface area contributed by atoms with E-state index in [0.29, 0.717) is 0 Å². The molecule has 0 nitrogen and oxygen atoms in total. The predicted octanol–water partition coefficient (Wildman–Crippen LogP) is 7.50. The van der Waals surface area contributed by atoms with E-state index >= 15 is 0 Å². The van der Waals surface area contributed by atoms with Crippen LogP contribution >= 0.6 is 7.17 Å². The van der Waals surface area contributed by atoms with Crippen LogP contribution in [0.2, 0.25) is 58.9 Å². The van der Waals surface area contributed by atoms with Crippen molar-refractivity contribution in [3.63, 3.8) is 0 Å². The number of rotatable bonds is 4. The molecule has 4 heteroatoms. The quantitative estimate of drug-likeness (QED) is 0.256. The zero-order valence-corrected chi connectivity index (χ0v) is 23.6. The molecule has 0 amide bonds. The van der Waals surface area contributed by atoms with E-state index in [1.807, 2.05) is 4.54 Å². The minimum absolute atomic E-state index is 0.650. The van der Waals surface area contributed by atoms with E-state index in [1.165, 1.54) is 16.4 Å². The molecule has 0 aliphatic rings. The molecule has 0 N–H and O–H groups in total. The molecule has 0 aliphatic heterocycles. The van der Waals surface area contributed by atoms with Gasteiger partial charge in [-0.1, -0.05) is 130 Å². The van der Waals surface area contributed by atoms with Crippen molar-refractivity contribution in [2.45, 2.75) is 58.9 Å². The monoisotopic (exact) mass is 452 g/mol. The van der Waals surface area contributed by atoms with Gasteiger partial charge in [0.2, 0.25) is 0 Å². The van der Waals surface area contributed by atoms with Gasteiger partial charge in [-0.05, 0) is 18.3 Å². The summed E-state index contributed by atoms with van der Waals surface area (Å²) in [6, 6.07) is 22.0. The highest BCUT2D eigenvalue weighted by Crippen LogP contribution is 2.32. The van der Waals surface area contributed by atoms with Crippen molar-refractivity contribution in [1.29, 1.82) is 0 Å². The van der Waals surface area contributed by atoms with Gasteiger partial charge in [0.15, 0.2) is 0 Å². The van der Waals surface area contributed by atoms with Gasteiger partial charge >= 0.3 is 0 Å². The van der Waals surface area contributed by atoms with Crippen molar-refractivity contribution in [2.24, 2.45) is 0 Å². The van der Waals surface area contributed by atoms with E-state index < -0.39 is 31.4 Å². The second-order valence-corrected chi connectivity index (χ2v) is 28.6. The highest BCUT2D eigenvalue weighted by atomic mass is 31.1. The Bertz CT molecular complexity index is 924. The Kier molecular flexibility index (Phi) is 7.63. The van der Waals surface area contributed by atoms with Gasteiger partial charge in [-0.2, -0.15) is 0 Å². The molecule has 0 fully saturated rings. The Morgan fingerprint density at radius 1 is 0.621 bits per heavy atom. The van der Waals surface area contributed by atoms with E-state index in [0.717, 1.165) is 0 Å². The van der Waals surface area contributed by atoms with Gasteiger partial charge in [0.05, 0.1) is 16.1 Å². The molecule has 2 rings (SSSR count). The number of benzene rings is 2. The third kappa shape index (κ3) is 6.86. The van der Waals surface area contributed by atoms with E-state index in [9.17, 15) is 0 Å². The summed E-state index contributed by atoms with van der Waals surface area (Å²) >= 11 is 0. The third-order valence-electron chi connectivity index (χ3n) is 4.51. The Labute approximate surface area is 182 Å². The molecule has 2 aromatic carbocycles. The molecule has 0 radical (unpaired) electrons. The second kappa shape index (κ2) is 9.23. The maximum Gasteiger partial charge on any atom is 0.130 e. The molecule has 1 atom stereocenters. The second-order valence-electron chi connectivity index (χ2n) is 10.8. The van der Waals surface area contributed by atoms with Gasteiger partial charge in [0.25, 0.3) is 0 Å². The minimum atomic E-state index is -1.51. The fourth-order valence-corrected chi connectivity index (χ4v) is 22.3. The maximum atomic E-state index is 3.94. The number of hydrogen-bond acceptors (Lipinski definition) is 0. The van der Waals surface area contributed by atoms with Crippen molar-refractivity contribution >= 4 is 41.2 Å². The molecule has 0 aliphatic carbocycles. The minimum Gasteiger partial charge on any atom is -0.123 e. The molecule has 0 spiro atoms. The van der Waals surface area contributed by atoms with Crippen LogP contribution in [0.5, 0.6) is 0 Å². The fraction of sp³-hybridized carbons (Fsp3) is 0.360. The summed E-state index contributed by atoms with van der Waals surface area (Å²) in [7, 11) is -5.14. The lowest BCUT2D eigenvalue weighted by molar-refractivity contribution is 1.62. The van der Waals surface area contributed by atoms with Crippen LogP contribution in [0.3, 0.4) is 0 Å². The van der Waals surface area contributed by atoms with Crippen LogP contribution in [0.25, 0.3) is 0 Å². The summed E-state index contributed by atoms with van der Waals surface area (Å²) in [4.78, 5) is 0. The Hall–Kier alpha value is -1.31. The maximum absolute atomic E-state index is 3.94. The largest absolute Gasteiger partial charge is 0.130 e. The summed E-state index contributed by atoms with van der Waals surface area (Å²) in [5.74, 6) is 0. The Balaban J connectivity index is 3.19. The number of hydrogen-bond donors (Lipinski definition) is 0. The molecule has 0 bridgehead atoms. The first-order valence-electron chi connectivity index (χ1n) is 10.5. The molecule has 2 aromatic rings. The zero-order chi connectivity index (χ0) is 21.9. The molecular formula is C25H37PSi3. The molecule has 0 heterocycles. The molecule has 154 valence electrons. The third-order valence-corrected chi connectivity index (χ3v) is 20.0. The van der Waals surface area contributed by atoms with Crippen LogP contribution in [-0.2, 0) is 0 Å². The topological polar surface area (TPSA) is 0 Å². The molecule has 0 saturated carbocycles. The molecule has 1 unspecified atom stereocenters. The van der Waals surface area contributed by atoms with Crippen molar-refractivity contribution in [3.8, 4) is 11.2 Å². The highest BCUT2D eigenvalue weighted by Gasteiger charge is 2.33. The van der Waals surface area contributed by atoms with Gasteiger partial charge in [0.1, 0.15) is 8.07 Å². The van der Waals surface area contributed by atoms with Gasteiger partial charge in [-0.15, -0.1) is 5.54 Å². The standard InChI is InChI=1S/C25H37PSi3/c1-27(2,3)21-20-26(25(28(4,5)6)29(7,8)9)24(22-16-12-10-13-17-22)23-18-14-11-15-19-23/h10-19H,1-9H3. The summed E-state index contributed by atoms with van der Waals surface area (Å²) in [6.07, 6.45) is 0. The van der Waals surface area contributed by atoms with Crippen LogP contribution < -0.4 is 0 Å². The lowest BCUT2D eigenvalue weighted by Gasteiger charge is -2.32. The van der Waals surface area contributed by atoms with Crippen molar-refractivity contribution < 1.29 is 0 Å². The van der Waals surface area contributed by atoms with Crippen LogP contribution in [0.1, 0.15) is 11.1 Å². The van der Waals surface area contributed by atoms with Crippen LogP contribution in [-0.4, -0.2) is 34.1 Å². The van der Waals surface area contributed by atoms with E-state index in [1.54, 1.807) is 0 Å². The molecule has 0 saturated heterocycles. The van der Waals surface area contributed by atoms with Crippen LogP contribution in [0.4, 0.5) is 0 Å². The normalized spacial score (nSPS) is 12.7. The Morgan fingerprint density at radius 3 is 1.31 bits per heavy atom. The lowest BCUT2D eigenvalue weighted by atomic mass is 10.1. The van der Waals surface area contributed by atoms with E-state index in [4.69, 9.17) is 0 Å². The summed E-state index contributed by atoms with van der Waals surface area (Å²) in [5.41, 5.74) is 10.4. The Morgan fingerprint density at radius 2 is 1.00 bits per heavy atom. The smallest absolute Gasteiger partial charge is 0.123 e. The SMILES string of the molecule is C[Si](C)(C)C#CP(=C(c1ccccc1)c1ccccc1)=C([Si](C)(C)C)[Si](C)(C)C. The molecule has 0 aromatic heterocycles. The zero-order valence-electron chi connectivity index (χ0n) is 19.7. The average molecular weight is 453 g/mol. The predicted molar refractivity (Wildman–Crippen MR) is 146 cm³/mol. The highest BCUT2D eigenvalue weighted by molar-refractivity contribution is 7.78. The average Bonchev–Trinajstić information content (AvgIpc) is 2.58. The van der Waals surface area contributed by atoms with Crippen molar-refractivity contribution in [3.05, 3.63) is 71.8 Å². The van der Waals surface area contributed by atoms with Gasteiger partial charge < -0.3 is 0 Å². The molecule has 29 heavy (non-hydrogen) atoms. The van der Waals surface area contributed by atoms with Crippen LogP contribution in [0, 0.1) is 11.2 Å². The summed E-state index contributed by atoms with van der Waals surface area (Å²) in [5, 5.41) is 1.46. The first-order chi connectivity index (χ1) is 13.3. The fourth-order valence-electron chi connectivity index (χ4n) is 3.86. The first-order valence-corrected chi connectivity index (χ1v) is 22.3. The summed E-state index contributed by atoms with van der Waals surface area (Å²) in [6.45, 7) is 22.3. The lowest BCUT2D eigenvalue weighted by Crippen LogP contribution is -2.49. The van der Waals surface area contributed by atoms with E-state index in [-0.39, 0.29) is 0 Å². The summed E-state index contributed by atoms with van der Waals surface area (Å²) < 4.78 is 1.84.